The number of anilines is 1. The fourth-order valence-corrected chi connectivity index (χ4v) is 3.30. The van der Waals surface area contributed by atoms with Crippen LogP contribution in [0.1, 0.15) is 26.7 Å². The quantitative estimate of drug-likeness (QED) is 0.360. The molecule has 0 saturated carbocycles. The fourth-order valence-electron chi connectivity index (χ4n) is 3.30. The van der Waals surface area contributed by atoms with E-state index in [9.17, 15) is 9.50 Å². The Morgan fingerprint density at radius 1 is 1.19 bits per heavy atom. The first-order chi connectivity index (χ1) is 12.0. The Hall–Kier alpha value is -1.09. The van der Waals surface area contributed by atoms with Gasteiger partial charge in [0.25, 0.3) is 0 Å². The molecule has 0 aromatic heterocycles. The Morgan fingerprint density at radius 2 is 1.81 bits per heavy atom. The summed E-state index contributed by atoms with van der Waals surface area (Å²) in [7, 11) is 0. The molecule has 1 aliphatic heterocycles. The Kier molecular flexibility index (Phi) is 10.2. The van der Waals surface area contributed by atoms with Crippen molar-refractivity contribution in [3.63, 3.8) is 0 Å². The van der Waals surface area contributed by atoms with Crippen LogP contribution in [0.15, 0.2) is 29.3 Å². The summed E-state index contributed by atoms with van der Waals surface area (Å²) in [4.78, 5) is 8.91. The van der Waals surface area contributed by atoms with Crippen LogP contribution < -0.4 is 10.6 Å². The average Bonchev–Trinajstić information content (AvgIpc) is 2.60. The van der Waals surface area contributed by atoms with Gasteiger partial charge in [-0.3, -0.25) is 4.99 Å². The number of rotatable bonds is 7. The highest BCUT2D eigenvalue weighted by molar-refractivity contribution is 14.0. The van der Waals surface area contributed by atoms with E-state index in [0.717, 1.165) is 44.7 Å². The number of aliphatic imine (C=N–C) groups is 1. The van der Waals surface area contributed by atoms with Crippen molar-refractivity contribution in [2.45, 2.75) is 26.7 Å². The van der Waals surface area contributed by atoms with E-state index in [0.29, 0.717) is 24.3 Å². The van der Waals surface area contributed by atoms with Crippen LogP contribution in [0.25, 0.3) is 0 Å². The van der Waals surface area contributed by atoms with Gasteiger partial charge in [-0.2, -0.15) is 0 Å². The zero-order valence-electron chi connectivity index (χ0n) is 15.8. The molecule has 1 fully saturated rings. The third kappa shape index (κ3) is 7.26. The monoisotopic (exact) mass is 478 g/mol. The second-order valence-electron chi connectivity index (χ2n) is 7.16. The normalized spacial score (nSPS) is 16.6. The largest absolute Gasteiger partial charge is 0.396 e. The van der Waals surface area contributed by atoms with Crippen molar-refractivity contribution in [1.82, 2.24) is 4.90 Å². The number of aliphatic hydroxyl groups is 1. The second-order valence-corrected chi connectivity index (χ2v) is 7.16. The summed E-state index contributed by atoms with van der Waals surface area (Å²) >= 11 is 0. The van der Waals surface area contributed by atoms with E-state index in [1.54, 1.807) is 0 Å². The summed E-state index contributed by atoms with van der Waals surface area (Å²) in [6, 6.07) is 6.61. The van der Waals surface area contributed by atoms with E-state index in [4.69, 9.17) is 5.73 Å². The number of aliphatic hydroxyl groups excluding tert-OH is 1. The molecule has 0 radical (unpaired) electrons. The average molecular weight is 478 g/mol. The number of benzene rings is 1. The zero-order valence-corrected chi connectivity index (χ0v) is 18.1. The SMILES string of the molecule is CC(C)CC(CCO)CN=C(N)N1CCN(c2ccc(F)cc2)CC1.I. The smallest absolute Gasteiger partial charge is 0.191 e. The Labute approximate surface area is 173 Å². The van der Waals surface area contributed by atoms with Crippen LogP contribution in [0.3, 0.4) is 0 Å². The summed E-state index contributed by atoms with van der Waals surface area (Å²) in [5.41, 5.74) is 7.21. The first-order valence-corrected chi connectivity index (χ1v) is 9.15. The predicted octanol–water partition coefficient (Wildman–Crippen LogP) is 2.93. The van der Waals surface area contributed by atoms with Crippen LogP contribution in [0.5, 0.6) is 0 Å². The molecule has 1 unspecified atom stereocenters. The van der Waals surface area contributed by atoms with E-state index >= 15 is 0 Å². The van der Waals surface area contributed by atoms with Gasteiger partial charge in [0.05, 0.1) is 0 Å². The fraction of sp³-hybridized carbons (Fsp3) is 0.632. The third-order valence-corrected chi connectivity index (χ3v) is 4.65. The molecule has 1 aromatic rings. The maximum absolute atomic E-state index is 13.0. The number of piperazine rings is 1. The third-order valence-electron chi connectivity index (χ3n) is 4.65. The van der Waals surface area contributed by atoms with E-state index in [1.165, 1.54) is 12.1 Å². The van der Waals surface area contributed by atoms with Crippen molar-refractivity contribution < 1.29 is 9.50 Å². The molecule has 0 amide bonds. The lowest BCUT2D eigenvalue weighted by molar-refractivity contribution is 0.245. The van der Waals surface area contributed by atoms with Gasteiger partial charge in [0.2, 0.25) is 0 Å². The number of nitrogens with zero attached hydrogens (tertiary/aromatic N) is 3. The summed E-state index contributed by atoms with van der Waals surface area (Å²) in [6.45, 7) is 8.54. The van der Waals surface area contributed by atoms with Crippen LogP contribution in [0.4, 0.5) is 10.1 Å². The van der Waals surface area contributed by atoms with Gasteiger partial charge >= 0.3 is 0 Å². The molecule has 1 aromatic carbocycles. The number of hydrogen-bond acceptors (Lipinski definition) is 3. The molecular formula is C19H32FIN4O. The molecule has 1 atom stereocenters. The highest BCUT2D eigenvalue weighted by Crippen LogP contribution is 2.18. The molecule has 1 saturated heterocycles. The topological polar surface area (TPSA) is 65.1 Å². The highest BCUT2D eigenvalue weighted by Gasteiger charge is 2.19. The van der Waals surface area contributed by atoms with E-state index in [1.807, 2.05) is 12.1 Å². The van der Waals surface area contributed by atoms with Gasteiger partial charge in [-0.25, -0.2) is 4.39 Å². The lowest BCUT2D eigenvalue weighted by Gasteiger charge is -2.36. The molecule has 0 aliphatic carbocycles. The number of halogens is 2. The molecule has 1 heterocycles. The van der Waals surface area contributed by atoms with Crippen molar-refractivity contribution in [3.8, 4) is 0 Å². The molecule has 3 N–H and O–H groups in total. The molecule has 1 aliphatic rings. The van der Waals surface area contributed by atoms with Crippen LogP contribution in [-0.2, 0) is 0 Å². The maximum Gasteiger partial charge on any atom is 0.191 e. The van der Waals surface area contributed by atoms with E-state index < -0.39 is 0 Å². The van der Waals surface area contributed by atoms with Crippen molar-refractivity contribution in [3.05, 3.63) is 30.1 Å². The first-order valence-electron chi connectivity index (χ1n) is 9.15. The predicted molar refractivity (Wildman–Crippen MR) is 117 cm³/mol. The van der Waals surface area contributed by atoms with Gasteiger partial charge in [0.1, 0.15) is 5.82 Å². The molecule has 148 valence electrons. The van der Waals surface area contributed by atoms with Gasteiger partial charge in [0, 0.05) is 45.0 Å². The van der Waals surface area contributed by atoms with Gasteiger partial charge < -0.3 is 20.6 Å². The van der Waals surface area contributed by atoms with Crippen molar-refractivity contribution >= 4 is 35.6 Å². The summed E-state index contributed by atoms with van der Waals surface area (Å²) in [6.07, 6.45) is 1.82. The minimum absolute atomic E-state index is 0. The van der Waals surface area contributed by atoms with Crippen LogP contribution in [0, 0.1) is 17.7 Å². The van der Waals surface area contributed by atoms with Crippen molar-refractivity contribution in [2.24, 2.45) is 22.6 Å². The van der Waals surface area contributed by atoms with Gasteiger partial charge in [-0.15, -0.1) is 24.0 Å². The highest BCUT2D eigenvalue weighted by atomic mass is 127. The Bertz CT molecular complexity index is 545. The molecular weight excluding hydrogens is 446 g/mol. The lowest BCUT2D eigenvalue weighted by Crippen LogP contribution is -2.51. The number of nitrogens with two attached hydrogens (primary N) is 1. The van der Waals surface area contributed by atoms with Crippen molar-refractivity contribution in [2.75, 3.05) is 44.2 Å². The minimum atomic E-state index is -0.211. The molecule has 26 heavy (non-hydrogen) atoms. The zero-order chi connectivity index (χ0) is 18.2. The van der Waals surface area contributed by atoms with Crippen LogP contribution >= 0.6 is 24.0 Å². The Morgan fingerprint density at radius 3 is 2.35 bits per heavy atom. The van der Waals surface area contributed by atoms with Crippen molar-refractivity contribution in [1.29, 1.82) is 0 Å². The number of hydrogen-bond donors (Lipinski definition) is 2. The summed E-state index contributed by atoms with van der Waals surface area (Å²) in [5, 5.41) is 9.20. The second kappa shape index (κ2) is 11.6. The maximum atomic E-state index is 13.0. The lowest BCUT2D eigenvalue weighted by atomic mass is 9.94. The van der Waals surface area contributed by atoms with E-state index in [-0.39, 0.29) is 36.4 Å². The summed E-state index contributed by atoms with van der Waals surface area (Å²) in [5.74, 6) is 1.35. The summed E-state index contributed by atoms with van der Waals surface area (Å²) < 4.78 is 13.0. The van der Waals surface area contributed by atoms with Gasteiger partial charge in [0.15, 0.2) is 5.96 Å². The first kappa shape index (κ1) is 23.0. The molecule has 5 nitrogen and oxygen atoms in total. The Balaban J connectivity index is 0.00000338. The van der Waals surface area contributed by atoms with E-state index in [2.05, 4.69) is 28.6 Å². The van der Waals surface area contributed by atoms with Crippen LogP contribution in [-0.4, -0.2) is 55.3 Å². The van der Waals surface area contributed by atoms with Crippen LogP contribution in [0.2, 0.25) is 0 Å². The minimum Gasteiger partial charge on any atom is -0.396 e. The standard InChI is InChI=1S/C19H31FN4O.HI/c1-15(2)13-16(7-12-25)14-22-19(21)24-10-8-23(9-11-24)18-5-3-17(20)4-6-18;/h3-6,15-16,25H,7-14H2,1-2H3,(H2,21,22);1H. The molecule has 2 rings (SSSR count). The molecule has 0 spiro atoms. The molecule has 0 bridgehead atoms. The van der Waals surface area contributed by atoms with Gasteiger partial charge in [-0.1, -0.05) is 13.8 Å². The number of guanidine groups is 1. The van der Waals surface area contributed by atoms with Gasteiger partial charge in [-0.05, 0) is 48.9 Å². The molecule has 7 heteroatoms.